The number of ether oxygens (including phenoxy) is 1. The molecule has 0 amide bonds. The maximum Gasteiger partial charge on any atom is 0.130 e. The van der Waals surface area contributed by atoms with E-state index in [0.717, 1.165) is 37.8 Å². The number of fused-ring (bicyclic) bond motifs is 1. The number of aryl methyl sites for hydroxylation is 2. The predicted octanol–water partition coefficient (Wildman–Crippen LogP) is 5.49. The van der Waals surface area contributed by atoms with E-state index in [9.17, 15) is 9.18 Å². The van der Waals surface area contributed by atoms with Gasteiger partial charge in [-0.05, 0) is 53.6 Å². The second-order valence-corrected chi connectivity index (χ2v) is 7.72. The van der Waals surface area contributed by atoms with Gasteiger partial charge in [-0.1, -0.05) is 48.5 Å². The lowest BCUT2D eigenvalue weighted by molar-refractivity contribution is -0.107. The summed E-state index contributed by atoms with van der Waals surface area (Å²) in [6.45, 7) is 2.32. The summed E-state index contributed by atoms with van der Waals surface area (Å²) in [6, 6.07) is 21.9. The van der Waals surface area contributed by atoms with Gasteiger partial charge in [-0.2, -0.15) is 0 Å². The summed E-state index contributed by atoms with van der Waals surface area (Å²) in [5.41, 5.74) is 5.55. The first-order chi connectivity index (χ1) is 14.7. The minimum atomic E-state index is -0.325. The van der Waals surface area contributed by atoms with Crippen LogP contribution in [0.2, 0.25) is 0 Å². The summed E-state index contributed by atoms with van der Waals surface area (Å²) < 4.78 is 20.0. The van der Waals surface area contributed by atoms with Gasteiger partial charge in [0.05, 0.1) is 0 Å². The molecule has 3 nitrogen and oxygen atoms in total. The zero-order chi connectivity index (χ0) is 20.8. The third-order valence-corrected chi connectivity index (χ3v) is 5.54. The third kappa shape index (κ3) is 4.88. The van der Waals surface area contributed by atoms with Gasteiger partial charge in [0.2, 0.25) is 0 Å². The van der Waals surface area contributed by atoms with Gasteiger partial charge in [0.15, 0.2) is 0 Å². The summed E-state index contributed by atoms with van der Waals surface area (Å²) in [5.74, 6) is 0.176. The standard InChI is InChI=1S/C26H26FNO2/c27-25-17-24(13-12-22(25)9-5-15-29)30-19-21-10-11-23-8-4-14-28(26(23)16-21)18-20-6-2-1-3-7-20/h1-3,6-7,10-13,15-17H,4-5,8-9,14,18-19H2. The summed E-state index contributed by atoms with van der Waals surface area (Å²) in [6.07, 6.45) is 3.80. The number of carbonyl (C=O) groups excluding carboxylic acids is 1. The molecule has 4 heteroatoms. The number of aldehydes is 1. The van der Waals surface area contributed by atoms with E-state index in [0.29, 0.717) is 30.8 Å². The average molecular weight is 403 g/mol. The highest BCUT2D eigenvalue weighted by Gasteiger charge is 2.17. The minimum Gasteiger partial charge on any atom is -0.489 e. The van der Waals surface area contributed by atoms with Crippen molar-refractivity contribution in [3.8, 4) is 5.75 Å². The van der Waals surface area contributed by atoms with Crippen LogP contribution in [0.3, 0.4) is 0 Å². The first-order valence-corrected chi connectivity index (χ1v) is 10.5. The molecule has 1 aliphatic rings. The van der Waals surface area contributed by atoms with Gasteiger partial charge in [-0.15, -0.1) is 0 Å². The molecule has 0 aromatic heterocycles. The molecule has 0 saturated heterocycles. The Balaban J connectivity index is 1.45. The van der Waals surface area contributed by atoms with Gasteiger partial charge in [0.25, 0.3) is 0 Å². The van der Waals surface area contributed by atoms with Gasteiger partial charge in [-0.25, -0.2) is 4.39 Å². The van der Waals surface area contributed by atoms with Gasteiger partial charge in [-0.3, -0.25) is 0 Å². The van der Waals surface area contributed by atoms with Crippen LogP contribution in [0.1, 0.15) is 35.1 Å². The van der Waals surface area contributed by atoms with Gasteiger partial charge in [0.1, 0.15) is 24.5 Å². The molecule has 0 unspecified atom stereocenters. The monoisotopic (exact) mass is 403 g/mol. The van der Waals surface area contributed by atoms with Crippen molar-refractivity contribution in [3.63, 3.8) is 0 Å². The highest BCUT2D eigenvalue weighted by Crippen LogP contribution is 2.30. The molecular weight excluding hydrogens is 377 g/mol. The molecule has 0 saturated carbocycles. The molecule has 1 heterocycles. The number of carbonyl (C=O) groups is 1. The van der Waals surface area contributed by atoms with E-state index < -0.39 is 0 Å². The van der Waals surface area contributed by atoms with Crippen molar-refractivity contribution >= 4 is 12.0 Å². The molecule has 0 bridgehead atoms. The third-order valence-electron chi connectivity index (χ3n) is 5.54. The van der Waals surface area contributed by atoms with E-state index in [1.165, 1.54) is 22.9 Å². The molecule has 30 heavy (non-hydrogen) atoms. The van der Waals surface area contributed by atoms with Crippen LogP contribution in [0.5, 0.6) is 5.75 Å². The highest BCUT2D eigenvalue weighted by atomic mass is 19.1. The van der Waals surface area contributed by atoms with Crippen molar-refractivity contribution in [2.24, 2.45) is 0 Å². The summed E-state index contributed by atoms with van der Waals surface area (Å²) in [4.78, 5) is 12.9. The number of benzene rings is 3. The topological polar surface area (TPSA) is 29.5 Å². The molecular formula is C26H26FNO2. The molecule has 3 aromatic rings. The molecule has 0 aliphatic carbocycles. The highest BCUT2D eigenvalue weighted by molar-refractivity contribution is 5.57. The molecule has 3 aromatic carbocycles. The molecule has 4 rings (SSSR count). The van der Waals surface area contributed by atoms with Crippen molar-refractivity contribution < 1.29 is 13.9 Å². The van der Waals surface area contributed by atoms with E-state index in [1.54, 1.807) is 12.1 Å². The number of anilines is 1. The molecule has 0 atom stereocenters. The fraction of sp³-hybridized carbons (Fsp3) is 0.269. The lowest BCUT2D eigenvalue weighted by atomic mass is 9.99. The van der Waals surface area contributed by atoms with Gasteiger partial charge in [0, 0.05) is 31.3 Å². The van der Waals surface area contributed by atoms with E-state index in [1.807, 2.05) is 6.07 Å². The number of rotatable bonds is 8. The lowest BCUT2D eigenvalue weighted by Crippen LogP contribution is -2.29. The van der Waals surface area contributed by atoms with Crippen LogP contribution in [0.15, 0.2) is 66.7 Å². The van der Waals surface area contributed by atoms with Gasteiger partial charge < -0.3 is 14.4 Å². The minimum absolute atomic E-state index is 0.325. The Bertz CT molecular complexity index is 1000. The Morgan fingerprint density at radius 3 is 2.67 bits per heavy atom. The van der Waals surface area contributed by atoms with Crippen molar-refractivity contribution in [2.45, 2.75) is 38.8 Å². The van der Waals surface area contributed by atoms with Crippen molar-refractivity contribution in [2.75, 3.05) is 11.4 Å². The zero-order valence-electron chi connectivity index (χ0n) is 17.0. The first-order valence-electron chi connectivity index (χ1n) is 10.5. The second kappa shape index (κ2) is 9.57. The van der Waals surface area contributed by atoms with Crippen LogP contribution in [0.4, 0.5) is 10.1 Å². The summed E-state index contributed by atoms with van der Waals surface area (Å²) >= 11 is 0. The number of nitrogens with zero attached hydrogens (tertiary/aromatic N) is 1. The number of halogens is 1. The Morgan fingerprint density at radius 2 is 1.87 bits per heavy atom. The second-order valence-electron chi connectivity index (χ2n) is 7.72. The Labute approximate surface area is 177 Å². The average Bonchev–Trinajstić information content (AvgIpc) is 2.78. The van der Waals surface area contributed by atoms with Crippen LogP contribution in [0, 0.1) is 5.82 Å². The lowest BCUT2D eigenvalue weighted by Gasteiger charge is -2.32. The van der Waals surface area contributed by atoms with E-state index in [-0.39, 0.29) is 5.82 Å². The number of hydrogen-bond donors (Lipinski definition) is 0. The Morgan fingerprint density at radius 1 is 1.00 bits per heavy atom. The van der Waals surface area contributed by atoms with E-state index >= 15 is 0 Å². The Kier molecular flexibility index (Phi) is 6.43. The quantitative estimate of drug-likeness (QED) is 0.466. The largest absolute Gasteiger partial charge is 0.489 e. The smallest absolute Gasteiger partial charge is 0.130 e. The van der Waals surface area contributed by atoms with E-state index in [4.69, 9.17) is 4.74 Å². The first kappa shape index (κ1) is 20.1. The van der Waals surface area contributed by atoms with Crippen LogP contribution in [0.25, 0.3) is 0 Å². The van der Waals surface area contributed by atoms with Gasteiger partial charge >= 0.3 is 0 Å². The number of hydrogen-bond acceptors (Lipinski definition) is 3. The normalized spacial score (nSPS) is 13.0. The predicted molar refractivity (Wildman–Crippen MR) is 117 cm³/mol. The van der Waals surface area contributed by atoms with Crippen LogP contribution in [-0.2, 0) is 30.8 Å². The van der Waals surface area contributed by atoms with Crippen LogP contribution >= 0.6 is 0 Å². The molecule has 0 fully saturated rings. The van der Waals surface area contributed by atoms with Crippen molar-refractivity contribution in [1.29, 1.82) is 0 Å². The van der Waals surface area contributed by atoms with Crippen molar-refractivity contribution in [3.05, 3.63) is 94.8 Å². The zero-order valence-corrected chi connectivity index (χ0v) is 17.0. The SMILES string of the molecule is O=CCCc1ccc(OCc2ccc3c(c2)N(Cc2ccccc2)CCC3)cc1F. The fourth-order valence-electron chi connectivity index (χ4n) is 3.96. The molecule has 0 radical (unpaired) electrons. The summed E-state index contributed by atoms with van der Waals surface area (Å²) in [5, 5.41) is 0. The maximum atomic E-state index is 14.2. The van der Waals surface area contributed by atoms with E-state index in [2.05, 4.69) is 47.4 Å². The molecule has 154 valence electrons. The van der Waals surface area contributed by atoms with Crippen LogP contribution in [-0.4, -0.2) is 12.8 Å². The van der Waals surface area contributed by atoms with Crippen LogP contribution < -0.4 is 9.64 Å². The fourth-order valence-corrected chi connectivity index (χ4v) is 3.96. The molecule has 0 N–H and O–H groups in total. The molecule has 1 aliphatic heterocycles. The van der Waals surface area contributed by atoms with Crippen molar-refractivity contribution in [1.82, 2.24) is 0 Å². The Hall–Kier alpha value is -3.14. The summed E-state index contributed by atoms with van der Waals surface area (Å²) in [7, 11) is 0. The molecule has 0 spiro atoms. The maximum absolute atomic E-state index is 14.2.